The van der Waals surface area contributed by atoms with Crippen LogP contribution in [0.4, 0.5) is 0 Å². The molecule has 198 valence electrons. The molecule has 5 heteroatoms. The second-order valence-corrected chi connectivity index (χ2v) is 18.0. The van der Waals surface area contributed by atoms with Crippen molar-refractivity contribution in [1.82, 2.24) is 0 Å². The van der Waals surface area contributed by atoms with Gasteiger partial charge >= 0.3 is 0 Å². The second kappa shape index (κ2) is 8.75. The third-order valence-electron chi connectivity index (χ3n) is 10.3. The summed E-state index contributed by atoms with van der Waals surface area (Å²) in [6.45, 7) is 7.06. The van der Waals surface area contributed by atoms with Gasteiger partial charge in [0.15, 0.2) is 0 Å². The van der Waals surface area contributed by atoms with Crippen molar-refractivity contribution in [2.45, 2.75) is 101 Å². The summed E-state index contributed by atoms with van der Waals surface area (Å²) in [5.74, 6) is 1.52. The minimum atomic E-state index is -2.63. The highest BCUT2D eigenvalue weighted by atomic mass is 28.4. The van der Waals surface area contributed by atoms with E-state index in [9.17, 15) is 0 Å². The molecule has 0 amide bonds. The van der Waals surface area contributed by atoms with Gasteiger partial charge in [-0.05, 0) is 72.2 Å². The molecular formula is C32H42O4Si. The summed E-state index contributed by atoms with van der Waals surface area (Å²) in [4.78, 5) is 12.7. The molecule has 2 spiro atoms. The van der Waals surface area contributed by atoms with E-state index < -0.39 is 19.9 Å². The zero-order valence-corrected chi connectivity index (χ0v) is 23.7. The van der Waals surface area contributed by atoms with E-state index >= 15 is 0 Å². The van der Waals surface area contributed by atoms with Crippen LogP contribution in [0.5, 0.6) is 0 Å². The Kier molecular flexibility index (Phi) is 5.80. The normalized spacial score (nSPS) is 39.1. The third kappa shape index (κ3) is 3.83. The van der Waals surface area contributed by atoms with Gasteiger partial charge < -0.3 is 9.16 Å². The molecular weight excluding hydrogens is 476 g/mol. The van der Waals surface area contributed by atoms with Gasteiger partial charge in [0.05, 0.1) is 6.10 Å². The van der Waals surface area contributed by atoms with Crippen molar-refractivity contribution in [2.75, 3.05) is 0 Å². The lowest BCUT2D eigenvalue weighted by atomic mass is 9.53. The maximum Gasteiger partial charge on any atom is 0.261 e. The Balaban J connectivity index is 1.20. The summed E-state index contributed by atoms with van der Waals surface area (Å²) in [6.07, 6.45) is 10.2. The Morgan fingerprint density at radius 1 is 0.784 bits per heavy atom. The molecule has 5 saturated carbocycles. The van der Waals surface area contributed by atoms with Gasteiger partial charge in [-0.15, -0.1) is 0 Å². The van der Waals surface area contributed by atoms with E-state index in [-0.39, 0.29) is 11.1 Å². The SMILES string of the molecule is CC(C)(C)[Si](O[C@@H]1CCC[C@]2(C1)OOC1(O2)C2CC3CC(C2)CC1C3)(c1ccccc1)c1ccccc1. The summed E-state index contributed by atoms with van der Waals surface area (Å²) in [5.41, 5.74) is 0. The Hall–Kier alpha value is -1.50. The Labute approximate surface area is 223 Å². The lowest BCUT2D eigenvalue weighted by molar-refractivity contribution is -0.390. The van der Waals surface area contributed by atoms with Crippen molar-refractivity contribution in [3.8, 4) is 0 Å². The van der Waals surface area contributed by atoms with Gasteiger partial charge in [-0.2, -0.15) is 9.78 Å². The average molecular weight is 519 g/mol. The van der Waals surface area contributed by atoms with Gasteiger partial charge in [-0.25, -0.2) is 0 Å². The highest BCUT2D eigenvalue weighted by molar-refractivity contribution is 6.99. The lowest BCUT2D eigenvalue weighted by Gasteiger charge is -2.57. The smallest absolute Gasteiger partial charge is 0.261 e. The summed E-state index contributed by atoms with van der Waals surface area (Å²) in [7, 11) is -2.63. The van der Waals surface area contributed by atoms with E-state index in [2.05, 4.69) is 81.4 Å². The first-order valence-electron chi connectivity index (χ1n) is 14.7. The molecule has 2 aromatic carbocycles. The Bertz CT molecular complexity index is 1050. The van der Waals surface area contributed by atoms with Gasteiger partial charge in [0, 0.05) is 24.7 Å². The van der Waals surface area contributed by atoms with Crippen LogP contribution in [0.3, 0.4) is 0 Å². The quantitative estimate of drug-likeness (QED) is 0.350. The van der Waals surface area contributed by atoms with Gasteiger partial charge in [-0.1, -0.05) is 81.4 Å². The van der Waals surface area contributed by atoms with Gasteiger partial charge in [0.2, 0.25) is 11.6 Å². The molecule has 1 saturated heterocycles. The van der Waals surface area contributed by atoms with Crippen LogP contribution >= 0.6 is 0 Å². The second-order valence-electron chi connectivity index (χ2n) is 13.7. The monoisotopic (exact) mass is 518 g/mol. The van der Waals surface area contributed by atoms with Crippen LogP contribution in [-0.4, -0.2) is 26.0 Å². The zero-order valence-electron chi connectivity index (χ0n) is 22.7. The Morgan fingerprint density at radius 3 is 1.89 bits per heavy atom. The zero-order chi connectivity index (χ0) is 25.3. The maximum absolute atomic E-state index is 7.52. The van der Waals surface area contributed by atoms with Crippen LogP contribution in [-0.2, 0) is 18.9 Å². The lowest BCUT2D eigenvalue weighted by Crippen LogP contribution is -2.68. The average Bonchev–Trinajstić information content (AvgIpc) is 3.25. The highest BCUT2D eigenvalue weighted by Crippen LogP contribution is 2.64. The fourth-order valence-corrected chi connectivity index (χ4v) is 13.7. The molecule has 1 aliphatic heterocycles. The molecule has 8 rings (SSSR count). The van der Waals surface area contributed by atoms with E-state index in [0.717, 1.165) is 37.5 Å². The minimum absolute atomic E-state index is 0.0448. The number of hydrogen-bond acceptors (Lipinski definition) is 4. The number of ether oxygens (including phenoxy) is 1. The molecule has 0 radical (unpaired) electrons. The molecule has 4 bridgehead atoms. The molecule has 4 nitrogen and oxygen atoms in total. The molecule has 6 aliphatic rings. The first-order chi connectivity index (χ1) is 17.8. The topological polar surface area (TPSA) is 36.9 Å². The molecule has 0 N–H and O–H groups in total. The van der Waals surface area contributed by atoms with E-state index in [0.29, 0.717) is 11.8 Å². The summed E-state index contributed by atoms with van der Waals surface area (Å²) < 4.78 is 14.6. The minimum Gasteiger partial charge on any atom is -0.404 e. The first-order valence-corrected chi connectivity index (χ1v) is 16.6. The summed E-state index contributed by atoms with van der Waals surface area (Å²) in [5, 5.41) is 2.61. The van der Waals surface area contributed by atoms with E-state index in [1.54, 1.807) is 0 Å². The van der Waals surface area contributed by atoms with Crippen molar-refractivity contribution < 1.29 is 18.9 Å². The van der Waals surface area contributed by atoms with E-state index in [4.69, 9.17) is 18.9 Å². The van der Waals surface area contributed by atoms with Crippen molar-refractivity contribution in [3.05, 3.63) is 60.7 Å². The van der Waals surface area contributed by atoms with Crippen LogP contribution in [0.25, 0.3) is 0 Å². The molecule has 0 unspecified atom stereocenters. The van der Waals surface area contributed by atoms with Crippen LogP contribution in [0.2, 0.25) is 5.04 Å². The van der Waals surface area contributed by atoms with Crippen molar-refractivity contribution in [1.29, 1.82) is 0 Å². The molecule has 37 heavy (non-hydrogen) atoms. The number of hydrogen-bond donors (Lipinski definition) is 0. The van der Waals surface area contributed by atoms with E-state index in [1.807, 2.05) is 0 Å². The van der Waals surface area contributed by atoms with Crippen molar-refractivity contribution in [3.63, 3.8) is 0 Å². The van der Waals surface area contributed by atoms with Crippen molar-refractivity contribution in [2.24, 2.45) is 23.7 Å². The van der Waals surface area contributed by atoms with Crippen LogP contribution in [0.1, 0.15) is 78.6 Å². The fraction of sp³-hybridized carbons (Fsp3) is 0.625. The van der Waals surface area contributed by atoms with Gasteiger partial charge in [-0.3, -0.25) is 0 Å². The summed E-state index contributed by atoms with van der Waals surface area (Å²) >= 11 is 0. The largest absolute Gasteiger partial charge is 0.404 e. The first kappa shape index (κ1) is 24.5. The molecule has 2 atom stereocenters. The third-order valence-corrected chi connectivity index (χ3v) is 15.4. The van der Waals surface area contributed by atoms with Crippen LogP contribution in [0, 0.1) is 23.7 Å². The molecule has 0 aromatic heterocycles. The summed E-state index contributed by atoms with van der Waals surface area (Å²) in [6, 6.07) is 21.9. The van der Waals surface area contributed by atoms with Crippen LogP contribution in [0.15, 0.2) is 60.7 Å². The van der Waals surface area contributed by atoms with E-state index in [1.165, 1.54) is 42.5 Å². The van der Waals surface area contributed by atoms with Gasteiger partial charge in [0.1, 0.15) is 0 Å². The molecule has 6 fully saturated rings. The fourth-order valence-electron chi connectivity index (χ4n) is 8.97. The maximum atomic E-state index is 7.52. The molecule has 1 heterocycles. The number of rotatable bonds is 4. The Morgan fingerprint density at radius 2 is 1.35 bits per heavy atom. The highest BCUT2D eigenvalue weighted by Gasteiger charge is 2.67. The van der Waals surface area contributed by atoms with Crippen LogP contribution < -0.4 is 10.4 Å². The standard InChI is InChI=1S/C32H42O4Si/c1-30(2,3)37(28-12-6-4-7-13-28,29-14-8-5-9-15-29)33-27-11-10-16-31(22-27)34-32(36-35-31)25-18-23-17-24(20-25)21-26(32)19-23/h4-9,12-15,23-27H,10-11,16-22H2,1-3H3/t23?,24?,25?,26?,27-,31-,32?/m1/s1. The molecule has 2 aromatic rings. The van der Waals surface area contributed by atoms with Crippen molar-refractivity contribution >= 4 is 18.7 Å². The predicted octanol–water partition coefficient (Wildman–Crippen LogP) is 6.33. The van der Waals surface area contributed by atoms with Gasteiger partial charge in [0.25, 0.3) is 8.32 Å². The molecule has 5 aliphatic carbocycles. The number of benzene rings is 2. The predicted molar refractivity (Wildman–Crippen MR) is 147 cm³/mol.